The van der Waals surface area contributed by atoms with Gasteiger partial charge in [0.15, 0.2) is 0 Å². The van der Waals surface area contributed by atoms with E-state index in [9.17, 15) is 9.59 Å². The number of nitrogens with one attached hydrogen (secondary N) is 1. The molecule has 1 aliphatic rings. The summed E-state index contributed by atoms with van der Waals surface area (Å²) in [5, 5.41) is 11.5. The normalized spacial score (nSPS) is 25.4. The van der Waals surface area contributed by atoms with Gasteiger partial charge in [-0.3, -0.25) is 9.59 Å². The number of carbonyl (C=O) groups excluding carboxylic acids is 1. The van der Waals surface area contributed by atoms with Crippen molar-refractivity contribution in [2.75, 3.05) is 6.54 Å². The number of carbonyl (C=O) groups is 2. The zero-order chi connectivity index (χ0) is 12.1. The molecular weight excluding hydrogens is 208 g/mol. The van der Waals surface area contributed by atoms with Gasteiger partial charge in [0, 0.05) is 12.6 Å². The smallest absolute Gasteiger partial charge is 0.308 e. The second kappa shape index (κ2) is 5.65. The van der Waals surface area contributed by atoms with Gasteiger partial charge in [0.25, 0.3) is 0 Å². The van der Waals surface area contributed by atoms with Crippen LogP contribution in [0.2, 0.25) is 0 Å². The fraction of sp³-hybridized carbons (Fsp3) is 0.636. The lowest BCUT2D eigenvalue weighted by Gasteiger charge is -2.13. The maximum atomic E-state index is 11.6. The van der Waals surface area contributed by atoms with Gasteiger partial charge in [-0.1, -0.05) is 19.1 Å². The number of carboxylic acids is 1. The zero-order valence-electron chi connectivity index (χ0n) is 9.35. The van der Waals surface area contributed by atoms with Crippen LogP contribution in [0.15, 0.2) is 12.2 Å². The predicted octanol–water partition coefficient (Wildman–Crippen LogP) is 0.117. The molecule has 5 nitrogen and oxygen atoms in total. The summed E-state index contributed by atoms with van der Waals surface area (Å²) < 4.78 is 0. The van der Waals surface area contributed by atoms with Gasteiger partial charge in [-0.15, -0.1) is 0 Å². The van der Waals surface area contributed by atoms with Crippen molar-refractivity contribution in [1.29, 1.82) is 0 Å². The van der Waals surface area contributed by atoms with Crippen LogP contribution >= 0.6 is 0 Å². The Morgan fingerprint density at radius 3 is 2.69 bits per heavy atom. The minimum Gasteiger partial charge on any atom is -0.481 e. The first-order valence-corrected chi connectivity index (χ1v) is 5.49. The Balaban J connectivity index is 2.35. The first-order valence-electron chi connectivity index (χ1n) is 5.49. The van der Waals surface area contributed by atoms with Crippen LogP contribution in [0.4, 0.5) is 0 Å². The van der Waals surface area contributed by atoms with Crippen molar-refractivity contribution in [3.05, 3.63) is 12.2 Å². The van der Waals surface area contributed by atoms with Crippen LogP contribution in [-0.4, -0.2) is 29.6 Å². The topological polar surface area (TPSA) is 92.4 Å². The number of rotatable bonds is 5. The monoisotopic (exact) mass is 226 g/mol. The van der Waals surface area contributed by atoms with E-state index in [0.717, 1.165) is 0 Å². The fourth-order valence-corrected chi connectivity index (χ4v) is 1.68. The van der Waals surface area contributed by atoms with E-state index in [2.05, 4.69) is 5.32 Å². The van der Waals surface area contributed by atoms with E-state index in [4.69, 9.17) is 10.8 Å². The third-order valence-electron chi connectivity index (χ3n) is 2.82. The third kappa shape index (κ3) is 3.34. The molecule has 0 aromatic carbocycles. The van der Waals surface area contributed by atoms with Crippen molar-refractivity contribution in [3.63, 3.8) is 0 Å². The van der Waals surface area contributed by atoms with Gasteiger partial charge >= 0.3 is 5.97 Å². The molecule has 16 heavy (non-hydrogen) atoms. The molecule has 0 aliphatic heterocycles. The second-order valence-corrected chi connectivity index (χ2v) is 4.08. The summed E-state index contributed by atoms with van der Waals surface area (Å²) >= 11 is 0. The Morgan fingerprint density at radius 2 is 2.25 bits per heavy atom. The molecule has 0 bridgehead atoms. The molecule has 1 aliphatic carbocycles. The second-order valence-electron chi connectivity index (χ2n) is 4.08. The standard InChI is InChI=1S/C11H18N2O3/c1-2-7(11(15)16)6-13-10(14)8-3-4-9(12)5-8/h3-4,7-9H,2,5-6,12H2,1H3,(H,13,14)(H,15,16). The maximum Gasteiger partial charge on any atom is 0.308 e. The summed E-state index contributed by atoms with van der Waals surface area (Å²) in [7, 11) is 0. The molecule has 0 saturated heterocycles. The van der Waals surface area contributed by atoms with Gasteiger partial charge in [-0.05, 0) is 12.8 Å². The Morgan fingerprint density at radius 1 is 1.56 bits per heavy atom. The van der Waals surface area contributed by atoms with E-state index in [-0.39, 0.29) is 24.4 Å². The summed E-state index contributed by atoms with van der Waals surface area (Å²) in [5.74, 6) is -1.73. The SMILES string of the molecule is CCC(CNC(=O)C1C=CC(N)C1)C(=O)O. The van der Waals surface area contributed by atoms with Crippen LogP contribution in [-0.2, 0) is 9.59 Å². The molecule has 1 rings (SSSR count). The first-order chi connectivity index (χ1) is 7.54. The van der Waals surface area contributed by atoms with Crippen molar-refractivity contribution >= 4 is 11.9 Å². The summed E-state index contributed by atoms with van der Waals surface area (Å²) in [6, 6.07) is -0.0582. The molecular formula is C11H18N2O3. The quantitative estimate of drug-likeness (QED) is 0.580. The van der Waals surface area contributed by atoms with Crippen LogP contribution in [0.1, 0.15) is 19.8 Å². The molecule has 0 heterocycles. The Hall–Kier alpha value is -1.36. The molecule has 0 aromatic heterocycles. The molecule has 1 amide bonds. The van der Waals surface area contributed by atoms with Crippen molar-refractivity contribution < 1.29 is 14.7 Å². The zero-order valence-corrected chi connectivity index (χ0v) is 9.35. The van der Waals surface area contributed by atoms with Crippen LogP contribution in [0.25, 0.3) is 0 Å². The van der Waals surface area contributed by atoms with Crippen LogP contribution < -0.4 is 11.1 Å². The fourth-order valence-electron chi connectivity index (χ4n) is 1.68. The van der Waals surface area contributed by atoms with E-state index in [1.54, 1.807) is 19.1 Å². The van der Waals surface area contributed by atoms with Crippen molar-refractivity contribution in [2.45, 2.75) is 25.8 Å². The van der Waals surface area contributed by atoms with Crippen molar-refractivity contribution in [3.8, 4) is 0 Å². The first kappa shape index (κ1) is 12.7. The van der Waals surface area contributed by atoms with Crippen molar-refractivity contribution in [1.82, 2.24) is 5.32 Å². The van der Waals surface area contributed by atoms with Gasteiger partial charge < -0.3 is 16.2 Å². The lowest BCUT2D eigenvalue weighted by molar-refractivity contribution is -0.141. The molecule has 3 unspecified atom stereocenters. The van der Waals surface area contributed by atoms with E-state index < -0.39 is 11.9 Å². The number of aliphatic carboxylic acids is 1. The third-order valence-corrected chi connectivity index (χ3v) is 2.82. The molecule has 5 heteroatoms. The highest BCUT2D eigenvalue weighted by molar-refractivity contribution is 5.81. The Kier molecular flexibility index (Phi) is 4.49. The molecule has 3 atom stereocenters. The molecule has 0 aromatic rings. The molecule has 0 radical (unpaired) electrons. The highest BCUT2D eigenvalue weighted by atomic mass is 16.4. The molecule has 4 N–H and O–H groups in total. The highest BCUT2D eigenvalue weighted by Gasteiger charge is 2.24. The average molecular weight is 226 g/mol. The summed E-state index contributed by atoms with van der Waals surface area (Å²) in [6.45, 7) is 1.97. The van der Waals surface area contributed by atoms with E-state index >= 15 is 0 Å². The highest BCUT2D eigenvalue weighted by Crippen LogP contribution is 2.16. The lowest BCUT2D eigenvalue weighted by Crippen LogP contribution is -2.36. The van der Waals surface area contributed by atoms with Crippen molar-refractivity contribution in [2.24, 2.45) is 17.6 Å². The summed E-state index contributed by atoms with van der Waals surface area (Å²) in [5.41, 5.74) is 5.63. The minimum atomic E-state index is -0.874. The minimum absolute atomic E-state index is 0.0582. The molecule has 0 saturated carbocycles. The number of hydrogen-bond acceptors (Lipinski definition) is 3. The Bertz CT molecular complexity index is 302. The van der Waals surface area contributed by atoms with E-state index in [1.165, 1.54) is 0 Å². The van der Waals surface area contributed by atoms with Gasteiger partial charge in [0.2, 0.25) is 5.91 Å². The van der Waals surface area contributed by atoms with Crippen LogP contribution in [0, 0.1) is 11.8 Å². The number of carboxylic acid groups (broad SMARTS) is 1. The molecule has 0 spiro atoms. The lowest BCUT2D eigenvalue weighted by atomic mass is 10.0. The van der Waals surface area contributed by atoms with E-state index in [0.29, 0.717) is 12.8 Å². The van der Waals surface area contributed by atoms with Gasteiger partial charge in [0.05, 0.1) is 11.8 Å². The summed E-state index contributed by atoms with van der Waals surface area (Å²) in [6.07, 6.45) is 4.70. The van der Waals surface area contributed by atoms with Gasteiger partial charge in [0.1, 0.15) is 0 Å². The predicted molar refractivity (Wildman–Crippen MR) is 59.6 cm³/mol. The average Bonchev–Trinajstić information content (AvgIpc) is 2.65. The van der Waals surface area contributed by atoms with E-state index in [1.807, 2.05) is 0 Å². The summed E-state index contributed by atoms with van der Waals surface area (Å²) in [4.78, 5) is 22.4. The number of amides is 1. The Labute approximate surface area is 94.7 Å². The van der Waals surface area contributed by atoms with Crippen LogP contribution in [0.5, 0.6) is 0 Å². The van der Waals surface area contributed by atoms with Gasteiger partial charge in [-0.2, -0.15) is 0 Å². The number of nitrogens with two attached hydrogens (primary N) is 1. The van der Waals surface area contributed by atoms with Crippen LogP contribution in [0.3, 0.4) is 0 Å². The number of hydrogen-bond donors (Lipinski definition) is 3. The van der Waals surface area contributed by atoms with Gasteiger partial charge in [-0.25, -0.2) is 0 Å². The molecule has 0 fully saturated rings. The largest absolute Gasteiger partial charge is 0.481 e. The maximum absolute atomic E-state index is 11.6. The molecule has 90 valence electrons.